The maximum Gasteiger partial charge on any atom is 0.254 e. The van der Waals surface area contributed by atoms with Crippen LogP contribution >= 0.6 is 0 Å². The molecule has 3 aromatic carbocycles. The molecule has 3 rings (SSSR count). The van der Waals surface area contributed by atoms with Crippen LogP contribution in [0.5, 0.6) is 5.75 Å². The number of rotatable bonds is 12. The van der Waals surface area contributed by atoms with Gasteiger partial charge in [-0.15, -0.1) is 0 Å². The van der Waals surface area contributed by atoms with E-state index in [0.717, 1.165) is 30.2 Å². The smallest absolute Gasteiger partial charge is 0.254 e. The standard InChI is InChI=1S/C29H34F2N2O2/c1-3-14-35-28-10-8-24(9-11-28)29(34)33(20-22-7-5-6-21(4-2)15-22)13-12-27(32)18-23-16-25(30)19-26(31)17-23/h5-11,15-17,19,27H,3-4,12-14,18,20,32H2,1-2H3/t27-/m1/s1. The van der Waals surface area contributed by atoms with Crippen LogP contribution in [-0.4, -0.2) is 30.0 Å². The zero-order valence-electron chi connectivity index (χ0n) is 20.5. The fraction of sp³-hybridized carbons (Fsp3) is 0.345. The van der Waals surface area contributed by atoms with Gasteiger partial charge in [-0.3, -0.25) is 4.79 Å². The number of hydrogen-bond acceptors (Lipinski definition) is 3. The summed E-state index contributed by atoms with van der Waals surface area (Å²) in [4.78, 5) is 15.2. The van der Waals surface area contributed by atoms with Gasteiger partial charge in [0.05, 0.1) is 6.61 Å². The first kappa shape index (κ1) is 26.4. The molecule has 4 nitrogen and oxygen atoms in total. The van der Waals surface area contributed by atoms with Crippen molar-refractivity contribution in [3.8, 4) is 5.75 Å². The second kappa shape index (κ2) is 13.0. The van der Waals surface area contributed by atoms with E-state index in [4.69, 9.17) is 10.5 Å². The van der Waals surface area contributed by atoms with E-state index in [-0.39, 0.29) is 11.9 Å². The molecular formula is C29H34F2N2O2. The third kappa shape index (κ3) is 8.18. The van der Waals surface area contributed by atoms with Crippen molar-refractivity contribution in [1.29, 1.82) is 0 Å². The molecule has 0 aromatic heterocycles. The molecule has 0 aliphatic carbocycles. The van der Waals surface area contributed by atoms with Gasteiger partial charge in [-0.05, 0) is 78.8 Å². The fourth-order valence-electron chi connectivity index (χ4n) is 3.97. The predicted molar refractivity (Wildman–Crippen MR) is 135 cm³/mol. The van der Waals surface area contributed by atoms with Crippen molar-refractivity contribution < 1.29 is 18.3 Å². The number of aryl methyl sites for hydroxylation is 1. The lowest BCUT2D eigenvalue weighted by Gasteiger charge is -2.25. The maximum atomic E-state index is 13.5. The first-order valence-electron chi connectivity index (χ1n) is 12.2. The van der Waals surface area contributed by atoms with Crippen molar-refractivity contribution in [3.63, 3.8) is 0 Å². The summed E-state index contributed by atoms with van der Waals surface area (Å²) in [6.45, 7) is 5.63. The molecule has 1 amide bonds. The fourth-order valence-corrected chi connectivity index (χ4v) is 3.97. The number of amides is 1. The molecule has 35 heavy (non-hydrogen) atoms. The van der Waals surface area contributed by atoms with Crippen molar-refractivity contribution in [2.45, 2.75) is 52.1 Å². The molecule has 0 saturated heterocycles. The third-order valence-electron chi connectivity index (χ3n) is 5.82. The Morgan fingerprint density at radius 3 is 2.29 bits per heavy atom. The summed E-state index contributed by atoms with van der Waals surface area (Å²) in [5, 5.41) is 0. The summed E-state index contributed by atoms with van der Waals surface area (Å²) < 4.78 is 32.7. The molecule has 0 radical (unpaired) electrons. The minimum atomic E-state index is -0.619. The summed E-state index contributed by atoms with van der Waals surface area (Å²) in [5.41, 5.74) is 9.62. The number of nitrogens with two attached hydrogens (primary N) is 1. The summed E-state index contributed by atoms with van der Waals surface area (Å²) >= 11 is 0. The van der Waals surface area contributed by atoms with Crippen molar-refractivity contribution in [2.75, 3.05) is 13.2 Å². The number of hydrogen-bond donors (Lipinski definition) is 1. The second-order valence-corrected chi connectivity index (χ2v) is 8.80. The van der Waals surface area contributed by atoms with Crippen LogP contribution in [0.25, 0.3) is 0 Å². The molecule has 186 valence electrons. The number of ether oxygens (including phenoxy) is 1. The first-order chi connectivity index (χ1) is 16.9. The highest BCUT2D eigenvalue weighted by Crippen LogP contribution is 2.18. The largest absolute Gasteiger partial charge is 0.494 e. The lowest BCUT2D eigenvalue weighted by molar-refractivity contribution is 0.0738. The van der Waals surface area contributed by atoms with E-state index in [1.807, 2.05) is 31.2 Å². The van der Waals surface area contributed by atoms with E-state index >= 15 is 0 Å². The topological polar surface area (TPSA) is 55.6 Å². The number of carbonyl (C=O) groups excluding carboxylic acids is 1. The van der Waals surface area contributed by atoms with Gasteiger partial charge in [0.2, 0.25) is 0 Å². The molecule has 0 heterocycles. The van der Waals surface area contributed by atoms with E-state index in [2.05, 4.69) is 19.1 Å². The molecule has 2 N–H and O–H groups in total. The van der Waals surface area contributed by atoms with Crippen molar-refractivity contribution >= 4 is 5.91 Å². The van der Waals surface area contributed by atoms with Crippen LogP contribution in [0.4, 0.5) is 8.78 Å². The summed E-state index contributed by atoms with van der Waals surface area (Å²) in [5.74, 6) is -0.606. The van der Waals surface area contributed by atoms with Crippen LogP contribution < -0.4 is 10.5 Å². The number of nitrogens with zero attached hydrogens (tertiary/aromatic N) is 1. The highest BCUT2D eigenvalue weighted by molar-refractivity contribution is 5.94. The first-order valence-corrected chi connectivity index (χ1v) is 12.2. The maximum absolute atomic E-state index is 13.5. The highest BCUT2D eigenvalue weighted by atomic mass is 19.1. The average molecular weight is 481 g/mol. The summed E-state index contributed by atoms with van der Waals surface area (Å²) in [7, 11) is 0. The Morgan fingerprint density at radius 1 is 0.943 bits per heavy atom. The zero-order valence-corrected chi connectivity index (χ0v) is 20.5. The number of halogens is 2. The minimum absolute atomic E-state index is 0.0991. The number of benzene rings is 3. The normalized spacial score (nSPS) is 11.8. The van der Waals surface area contributed by atoms with Gasteiger partial charge in [0.15, 0.2) is 0 Å². The molecule has 1 atom stereocenters. The Morgan fingerprint density at radius 2 is 1.63 bits per heavy atom. The summed E-state index contributed by atoms with van der Waals surface area (Å²) in [6, 6.07) is 18.4. The minimum Gasteiger partial charge on any atom is -0.494 e. The average Bonchev–Trinajstić information content (AvgIpc) is 2.84. The molecule has 0 fully saturated rings. The Labute approximate surface area is 206 Å². The van der Waals surface area contributed by atoms with E-state index in [0.29, 0.717) is 43.7 Å². The van der Waals surface area contributed by atoms with Crippen LogP contribution in [0, 0.1) is 11.6 Å². The van der Waals surface area contributed by atoms with Crippen LogP contribution in [0.3, 0.4) is 0 Å². The predicted octanol–water partition coefficient (Wildman–Crippen LogP) is 5.92. The van der Waals surface area contributed by atoms with Crippen LogP contribution in [0.2, 0.25) is 0 Å². The lowest BCUT2D eigenvalue weighted by atomic mass is 10.0. The van der Waals surface area contributed by atoms with Crippen LogP contribution in [-0.2, 0) is 19.4 Å². The molecule has 0 unspecified atom stereocenters. The molecule has 6 heteroatoms. The molecule has 0 saturated carbocycles. The van der Waals surface area contributed by atoms with Crippen molar-refractivity contribution in [2.24, 2.45) is 5.73 Å². The van der Waals surface area contributed by atoms with Gasteiger partial charge in [0.25, 0.3) is 5.91 Å². The van der Waals surface area contributed by atoms with Crippen LogP contribution in [0.1, 0.15) is 53.7 Å². The lowest BCUT2D eigenvalue weighted by Crippen LogP contribution is -2.35. The quantitative estimate of drug-likeness (QED) is 0.350. The van der Waals surface area contributed by atoms with Gasteiger partial charge >= 0.3 is 0 Å². The second-order valence-electron chi connectivity index (χ2n) is 8.80. The molecule has 0 bridgehead atoms. The van der Waals surface area contributed by atoms with E-state index < -0.39 is 11.6 Å². The molecule has 0 aliphatic rings. The van der Waals surface area contributed by atoms with E-state index in [1.165, 1.54) is 17.7 Å². The van der Waals surface area contributed by atoms with Crippen molar-refractivity contribution in [1.82, 2.24) is 4.90 Å². The molecule has 3 aromatic rings. The SMILES string of the molecule is CCCOc1ccc(C(=O)N(CC[C@@H](N)Cc2cc(F)cc(F)c2)Cc2cccc(CC)c2)cc1. The van der Waals surface area contributed by atoms with Gasteiger partial charge in [-0.25, -0.2) is 8.78 Å². The third-order valence-corrected chi connectivity index (χ3v) is 5.82. The van der Waals surface area contributed by atoms with Gasteiger partial charge in [-0.2, -0.15) is 0 Å². The summed E-state index contributed by atoms with van der Waals surface area (Å²) in [6.07, 6.45) is 2.64. The van der Waals surface area contributed by atoms with Gasteiger partial charge in [0.1, 0.15) is 17.4 Å². The zero-order chi connectivity index (χ0) is 25.2. The Hall–Kier alpha value is -3.25. The number of carbonyl (C=O) groups is 1. The van der Waals surface area contributed by atoms with Crippen LogP contribution in [0.15, 0.2) is 66.7 Å². The molecule has 0 spiro atoms. The van der Waals surface area contributed by atoms with E-state index in [9.17, 15) is 13.6 Å². The molecular weight excluding hydrogens is 446 g/mol. The Kier molecular flexibility index (Phi) is 9.79. The van der Waals surface area contributed by atoms with Gasteiger partial charge in [-0.1, -0.05) is 38.1 Å². The van der Waals surface area contributed by atoms with Crippen molar-refractivity contribution in [3.05, 3.63) is 101 Å². The molecule has 0 aliphatic heterocycles. The Bertz CT molecular complexity index is 1080. The highest BCUT2D eigenvalue weighted by Gasteiger charge is 2.18. The van der Waals surface area contributed by atoms with Gasteiger partial charge < -0.3 is 15.4 Å². The van der Waals surface area contributed by atoms with E-state index in [1.54, 1.807) is 17.0 Å². The Balaban J connectivity index is 1.73. The monoisotopic (exact) mass is 480 g/mol. The van der Waals surface area contributed by atoms with Gasteiger partial charge in [0, 0.05) is 30.8 Å².